The fourth-order valence-corrected chi connectivity index (χ4v) is 5.00. The van der Waals surface area contributed by atoms with Gasteiger partial charge in [0.1, 0.15) is 0 Å². The molecule has 0 nitrogen and oxygen atoms in total. The minimum Gasteiger partial charge on any atom is -0.0625 e. The van der Waals surface area contributed by atoms with Crippen molar-refractivity contribution in [1.29, 1.82) is 0 Å². The van der Waals surface area contributed by atoms with E-state index in [1.807, 2.05) is 0 Å². The van der Waals surface area contributed by atoms with E-state index in [4.69, 9.17) is 0 Å². The summed E-state index contributed by atoms with van der Waals surface area (Å²) in [5.74, 6) is 6.62. The first kappa shape index (κ1) is 10.2. The van der Waals surface area contributed by atoms with Crippen LogP contribution in [0.4, 0.5) is 0 Å². The number of fused-ring (bicyclic) bond motifs is 3. The first-order chi connectivity index (χ1) is 7.24. The lowest BCUT2D eigenvalue weighted by Gasteiger charge is -2.37. The van der Waals surface area contributed by atoms with Crippen molar-refractivity contribution in [2.24, 2.45) is 35.5 Å². The molecule has 0 saturated heterocycles. The number of hydrogen-bond acceptors (Lipinski definition) is 0. The second-order valence-electron chi connectivity index (χ2n) is 6.92. The summed E-state index contributed by atoms with van der Waals surface area (Å²) >= 11 is 0. The minimum absolute atomic E-state index is 1.03. The van der Waals surface area contributed by atoms with E-state index in [-0.39, 0.29) is 0 Å². The molecule has 0 radical (unpaired) electrons. The topological polar surface area (TPSA) is 0 Å². The van der Waals surface area contributed by atoms with E-state index in [9.17, 15) is 0 Å². The zero-order valence-electron chi connectivity index (χ0n) is 10.4. The summed E-state index contributed by atoms with van der Waals surface area (Å²) in [6.45, 7) is 4.96. The third kappa shape index (κ3) is 1.74. The molecule has 0 heterocycles. The molecule has 0 aromatic heterocycles. The van der Waals surface area contributed by atoms with Gasteiger partial charge in [-0.1, -0.05) is 26.7 Å². The van der Waals surface area contributed by atoms with E-state index in [1.54, 1.807) is 32.1 Å². The Morgan fingerprint density at radius 2 is 1.07 bits per heavy atom. The zero-order chi connectivity index (χ0) is 10.4. The zero-order valence-corrected chi connectivity index (χ0v) is 10.4. The molecule has 3 aliphatic carbocycles. The van der Waals surface area contributed by atoms with Crippen LogP contribution in [0.2, 0.25) is 0 Å². The Balaban J connectivity index is 1.75. The minimum atomic E-state index is 1.03. The lowest BCUT2D eigenvalue weighted by Crippen LogP contribution is -2.28. The predicted molar refractivity (Wildman–Crippen MR) is 64.6 cm³/mol. The fourth-order valence-electron chi connectivity index (χ4n) is 5.00. The molecular formula is C15H26. The summed E-state index contributed by atoms with van der Waals surface area (Å²) in [4.78, 5) is 0. The Morgan fingerprint density at radius 3 is 1.53 bits per heavy atom. The second kappa shape index (κ2) is 3.79. The van der Waals surface area contributed by atoms with Crippen molar-refractivity contribution in [2.45, 2.75) is 58.8 Å². The van der Waals surface area contributed by atoms with Crippen LogP contribution < -0.4 is 0 Å². The predicted octanol–water partition coefficient (Wildman–Crippen LogP) is 4.49. The molecule has 3 aliphatic rings. The Kier molecular flexibility index (Phi) is 2.57. The summed E-state index contributed by atoms with van der Waals surface area (Å²) in [7, 11) is 0. The first-order valence-electron chi connectivity index (χ1n) is 7.24. The standard InChI is InChI=1S/C15H26/c1-10-3-5-12-9-13-6-4-11(2)8-15(13)14(12)7-10/h10-15H,3-9H2,1-2H3. The van der Waals surface area contributed by atoms with E-state index < -0.39 is 0 Å². The normalized spacial score (nSPS) is 54.8. The van der Waals surface area contributed by atoms with Gasteiger partial charge in [-0.05, 0) is 67.6 Å². The summed E-state index contributed by atoms with van der Waals surface area (Å²) in [5, 5.41) is 0. The summed E-state index contributed by atoms with van der Waals surface area (Å²) in [5.41, 5.74) is 0. The van der Waals surface area contributed by atoms with E-state index in [0.717, 1.165) is 35.5 Å². The Hall–Kier alpha value is 0. The van der Waals surface area contributed by atoms with Crippen LogP contribution in [0, 0.1) is 35.5 Å². The fraction of sp³-hybridized carbons (Fsp3) is 1.00. The third-order valence-electron chi connectivity index (χ3n) is 5.78. The van der Waals surface area contributed by atoms with Crippen LogP contribution in [0.1, 0.15) is 58.8 Å². The molecule has 3 rings (SSSR count). The maximum absolute atomic E-state index is 2.48. The highest BCUT2D eigenvalue weighted by molar-refractivity contribution is 4.96. The van der Waals surface area contributed by atoms with Crippen LogP contribution in [0.3, 0.4) is 0 Å². The van der Waals surface area contributed by atoms with Crippen molar-refractivity contribution >= 4 is 0 Å². The quantitative estimate of drug-likeness (QED) is 0.547. The van der Waals surface area contributed by atoms with Crippen LogP contribution in [0.25, 0.3) is 0 Å². The van der Waals surface area contributed by atoms with Gasteiger partial charge in [0, 0.05) is 0 Å². The highest BCUT2D eigenvalue weighted by atomic mass is 14.5. The molecule has 0 aliphatic heterocycles. The van der Waals surface area contributed by atoms with Gasteiger partial charge >= 0.3 is 0 Å². The van der Waals surface area contributed by atoms with Gasteiger partial charge in [0.15, 0.2) is 0 Å². The highest BCUT2D eigenvalue weighted by Crippen LogP contribution is 2.55. The third-order valence-corrected chi connectivity index (χ3v) is 5.78. The van der Waals surface area contributed by atoms with Gasteiger partial charge in [0.05, 0.1) is 0 Å². The van der Waals surface area contributed by atoms with Gasteiger partial charge in [-0.2, -0.15) is 0 Å². The van der Waals surface area contributed by atoms with Crippen LogP contribution in [-0.2, 0) is 0 Å². The molecule has 0 aromatic carbocycles. The lowest BCUT2D eigenvalue weighted by atomic mass is 9.69. The molecule has 0 heteroatoms. The molecule has 0 N–H and O–H groups in total. The maximum Gasteiger partial charge on any atom is -0.0352 e. The van der Waals surface area contributed by atoms with Crippen LogP contribution in [0.15, 0.2) is 0 Å². The molecule has 0 amide bonds. The Labute approximate surface area is 94.8 Å². The molecule has 0 spiro atoms. The number of hydrogen-bond donors (Lipinski definition) is 0. The summed E-state index contributed by atoms with van der Waals surface area (Å²) in [6, 6.07) is 0. The number of rotatable bonds is 0. The van der Waals surface area contributed by atoms with Crippen molar-refractivity contribution in [3.63, 3.8) is 0 Å². The van der Waals surface area contributed by atoms with Crippen molar-refractivity contribution < 1.29 is 0 Å². The SMILES string of the molecule is CC1CCC2CC3CCC(C)CC3C2C1. The van der Waals surface area contributed by atoms with Crippen molar-refractivity contribution in [2.75, 3.05) is 0 Å². The average Bonchev–Trinajstić information content (AvgIpc) is 2.56. The molecule has 6 atom stereocenters. The lowest BCUT2D eigenvalue weighted by molar-refractivity contribution is 0.133. The van der Waals surface area contributed by atoms with Gasteiger partial charge in [-0.3, -0.25) is 0 Å². The van der Waals surface area contributed by atoms with Gasteiger partial charge in [-0.15, -0.1) is 0 Å². The molecule has 3 saturated carbocycles. The smallest absolute Gasteiger partial charge is 0.0352 e. The van der Waals surface area contributed by atoms with Gasteiger partial charge in [-0.25, -0.2) is 0 Å². The summed E-state index contributed by atoms with van der Waals surface area (Å²) in [6.07, 6.45) is 10.9. The van der Waals surface area contributed by atoms with Crippen LogP contribution >= 0.6 is 0 Å². The maximum atomic E-state index is 2.48. The molecule has 86 valence electrons. The molecule has 15 heavy (non-hydrogen) atoms. The van der Waals surface area contributed by atoms with E-state index in [2.05, 4.69) is 13.8 Å². The van der Waals surface area contributed by atoms with Gasteiger partial charge in [0.25, 0.3) is 0 Å². The van der Waals surface area contributed by atoms with Crippen molar-refractivity contribution in [3.8, 4) is 0 Å². The highest BCUT2D eigenvalue weighted by Gasteiger charge is 2.46. The van der Waals surface area contributed by atoms with E-state index in [1.165, 1.54) is 12.8 Å². The van der Waals surface area contributed by atoms with Gasteiger partial charge < -0.3 is 0 Å². The molecule has 0 aromatic rings. The largest absolute Gasteiger partial charge is 0.0625 e. The van der Waals surface area contributed by atoms with Crippen LogP contribution in [0.5, 0.6) is 0 Å². The van der Waals surface area contributed by atoms with E-state index in [0.29, 0.717) is 0 Å². The van der Waals surface area contributed by atoms with Crippen molar-refractivity contribution in [1.82, 2.24) is 0 Å². The monoisotopic (exact) mass is 206 g/mol. The van der Waals surface area contributed by atoms with Crippen LogP contribution in [-0.4, -0.2) is 0 Å². The first-order valence-corrected chi connectivity index (χ1v) is 7.24. The molecular weight excluding hydrogens is 180 g/mol. The molecule has 3 fully saturated rings. The summed E-state index contributed by atoms with van der Waals surface area (Å²) < 4.78 is 0. The van der Waals surface area contributed by atoms with E-state index >= 15 is 0 Å². The Morgan fingerprint density at radius 1 is 0.600 bits per heavy atom. The van der Waals surface area contributed by atoms with Crippen molar-refractivity contribution in [3.05, 3.63) is 0 Å². The average molecular weight is 206 g/mol. The molecule has 0 bridgehead atoms. The van der Waals surface area contributed by atoms with Gasteiger partial charge in [0.2, 0.25) is 0 Å². The Bertz CT molecular complexity index is 208. The second-order valence-corrected chi connectivity index (χ2v) is 6.92. The molecule has 6 unspecified atom stereocenters.